The van der Waals surface area contributed by atoms with Crippen LogP contribution in [0.1, 0.15) is 49.0 Å². The van der Waals surface area contributed by atoms with Crippen LogP contribution in [-0.4, -0.2) is 34.8 Å². The summed E-state index contributed by atoms with van der Waals surface area (Å²) in [6.45, 7) is 4.82. The van der Waals surface area contributed by atoms with E-state index < -0.39 is 11.9 Å². The number of benzene rings is 1. The van der Waals surface area contributed by atoms with Crippen molar-refractivity contribution in [3.05, 3.63) is 35.4 Å². The molecule has 1 unspecified atom stereocenters. The number of amides is 2. The standard InChI is InChI=1S/C17H21NO4/c1-4-14(21)9-10-16(13(3)20)18(11-19)17(22)15-8-6-5-7-12(15)2/h5-8,11,16H,4,9-10H2,1-3H3. The monoisotopic (exact) mass is 303 g/mol. The van der Waals surface area contributed by atoms with E-state index in [4.69, 9.17) is 0 Å². The van der Waals surface area contributed by atoms with Crippen LogP contribution >= 0.6 is 0 Å². The molecule has 0 aliphatic rings. The highest BCUT2D eigenvalue weighted by Gasteiger charge is 2.28. The summed E-state index contributed by atoms with van der Waals surface area (Å²) in [5.74, 6) is -0.823. The number of carbonyl (C=O) groups is 4. The lowest BCUT2D eigenvalue weighted by atomic mass is 10.0. The molecule has 0 saturated heterocycles. The topological polar surface area (TPSA) is 71.5 Å². The summed E-state index contributed by atoms with van der Waals surface area (Å²) < 4.78 is 0. The van der Waals surface area contributed by atoms with Crippen molar-refractivity contribution in [1.29, 1.82) is 0 Å². The van der Waals surface area contributed by atoms with Crippen LogP contribution in [0.15, 0.2) is 24.3 Å². The van der Waals surface area contributed by atoms with Crippen molar-refractivity contribution in [2.75, 3.05) is 0 Å². The third kappa shape index (κ3) is 4.35. The molecule has 1 rings (SSSR count). The smallest absolute Gasteiger partial charge is 0.261 e. The highest BCUT2D eigenvalue weighted by atomic mass is 16.2. The predicted octanol–water partition coefficient (Wildman–Crippen LogP) is 2.31. The summed E-state index contributed by atoms with van der Waals surface area (Å²) in [6, 6.07) is 5.97. The fraction of sp³-hybridized carbons (Fsp3) is 0.412. The van der Waals surface area contributed by atoms with Gasteiger partial charge in [0, 0.05) is 18.4 Å². The highest BCUT2D eigenvalue weighted by molar-refractivity contribution is 6.04. The highest BCUT2D eigenvalue weighted by Crippen LogP contribution is 2.15. The van der Waals surface area contributed by atoms with Crippen LogP contribution in [0, 0.1) is 6.92 Å². The first-order valence-electron chi connectivity index (χ1n) is 7.28. The first-order chi connectivity index (χ1) is 10.4. The Labute approximate surface area is 130 Å². The molecule has 0 fully saturated rings. The molecule has 22 heavy (non-hydrogen) atoms. The summed E-state index contributed by atoms with van der Waals surface area (Å²) in [6.07, 6.45) is 1.08. The van der Waals surface area contributed by atoms with E-state index in [2.05, 4.69) is 0 Å². The zero-order valence-corrected chi connectivity index (χ0v) is 13.2. The molecule has 0 radical (unpaired) electrons. The minimum absolute atomic E-state index is 0.000407. The predicted molar refractivity (Wildman–Crippen MR) is 82.4 cm³/mol. The number of nitrogens with zero attached hydrogens (tertiary/aromatic N) is 1. The molecule has 0 saturated carbocycles. The Kier molecular flexibility index (Phi) is 6.63. The molecule has 0 spiro atoms. The van der Waals surface area contributed by atoms with Crippen molar-refractivity contribution in [2.24, 2.45) is 0 Å². The van der Waals surface area contributed by atoms with E-state index >= 15 is 0 Å². The minimum atomic E-state index is -0.903. The molecule has 0 aromatic heterocycles. The molecule has 0 aliphatic heterocycles. The van der Waals surface area contributed by atoms with E-state index in [1.807, 2.05) is 0 Å². The minimum Gasteiger partial charge on any atom is -0.300 e. The molecule has 0 aliphatic carbocycles. The van der Waals surface area contributed by atoms with Crippen molar-refractivity contribution in [3.63, 3.8) is 0 Å². The molecule has 1 aromatic rings. The Bertz CT molecular complexity index is 580. The van der Waals surface area contributed by atoms with Gasteiger partial charge in [0.1, 0.15) is 5.78 Å². The third-order valence-electron chi connectivity index (χ3n) is 3.62. The maximum absolute atomic E-state index is 12.5. The van der Waals surface area contributed by atoms with Gasteiger partial charge in [-0.05, 0) is 31.9 Å². The molecular formula is C17H21NO4. The van der Waals surface area contributed by atoms with E-state index in [0.29, 0.717) is 18.4 Å². The molecule has 1 atom stereocenters. The lowest BCUT2D eigenvalue weighted by Gasteiger charge is -2.25. The van der Waals surface area contributed by atoms with Gasteiger partial charge in [0.05, 0.1) is 6.04 Å². The van der Waals surface area contributed by atoms with E-state index in [0.717, 1.165) is 10.5 Å². The maximum atomic E-state index is 12.5. The number of carbonyl (C=O) groups excluding carboxylic acids is 4. The first kappa shape index (κ1) is 17.8. The molecule has 118 valence electrons. The van der Waals surface area contributed by atoms with Crippen molar-refractivity contribution in [3.8, 4) is 0 Å². The lowest BCUT2D eigenvalue weighted by Crippen LogP contribution is -2.44. The number of imide groups is 1. The second kappa shape index (κ2) is 8.22. The number of ketones is 2. The van der Waals surface area contributed by atoms with Gasteiger partial charge in [-0.3, -0.25) is 24.1 Å². The Morgan fingerprint density at radius 1 is 1.23 bits per heavy atom. The van der Waals surface area contributed by atoms with Crippen LogP contribution < -0.4 is 0 Å². The molecule has 5 nitrogen and oxygen atoms in total. The quantitative estimate of drug-likeness (QED) is 0.691. The molecule has 1 aromatic carbocycles. The van der Waals surface area contributed by atoms with E-state index in [1.54, 1.807) is 38.1 Å². The van der Waals surface area contributed by atoms with Crippen LogP contribution in [-0.2, 0) is 14.4 Å². The van der Waals surface area contributed by atoms with Crippen molar-refractivity contribution in [1.82, 2.24) is 4.90 Å². The molecule has 0 bridgehead atoms. The van der Waals surface area contributed by atoms with Crippen LogP contribution in [0.25, 0.3) is 0 Å². The van der Waals surface area contributed by atoms with Gasteiger partial charge in [-0.25, -0.2) is 0 Å². The van der Waals surface area contributed by atoms with Crippen LogP contribution in [0.5, 0.6) is 0 Å². The second-order valence-corrected chi connectivity index (χ2v) is 5.19. The number of hydrogen-bond acceptors (Lipinski definition) is 4. The second-order valence-electron chi connectivity index (χ2n) is 5.19. The van der Waals surface area contributed by atoms with Crippen LogP contribution in [0.2, 0.25) is 0 Å². The average Bonchev–Trinajstić information content (AvgIpc) is 2.50. The maximum Gasteiger partial charge on any atom is 0.261 e. The fourth-order valence-electron chi connectivity index (χ4n) is 2.23. The van der Waals surface area contributed by atoms with Crippen LogP contribution in [0.4, 0.5) is 0 Å². The Morgan fingerprint density at radius 2 is 1.86 bits per heavy atom. The van der Waals surface area contributed by atoms with Crippen LogP contribution in [0.3, 0.4) is 0 Å². The first-order valence-corrected chi connectivity index (χ1v) is 7.28. The van der Waals surface area contributed by atoms with Crippen molar-refractivity contribution >= 4 is 23.9 Å². The van der Waals surface area contributed by atoms with Gasteiger partial charge in [-0.2, -0.15) is 0 Å². The Balaban J connectivity index is 3.01. The molecule has 2 amide bonds. The Morgan fingerprint density at radius 3 is 2.36 bits per heavy atom. The van der Waals surface area contributed by atoms with E-state index in [-0.39, 0.29) is 24.4 Å². The fourth-order valence-corrected chi connectivity index (χ4v) is 2.23. The molecule has 0 N–H and O–H groups in total. The van der Waals surface area contributed by atoms with Gasteiger partial charge in [-0.15, -0.1) is 0 Å². The van der Waals surface area contributed by atoms with Crippen molar-refractivity contribution in [2.45, 2.75) is 46.1 Å². The molecule has 5 heteroatoms. The zero-order chi connectivity index (χ0) is 16.7. The summed E-state index contributed by atoms with van der Waals surface area (Å²) in [7, 11) is 0. The SMILES string of the molecule is CCC(=O)CCC(C(C)=O)N(C=O)C(=O)c1ccccc1C. The number of rotatable bonds is 8. The lowest BCUT2D eigenvalue weighted by molar-refractivity contribution is -0.129. The normalized spacial score (nSPS) is 11.6. The number of Topliss-reactive ketones (excluding diaryl/α,β-unsaturated/α-hetero) is 2. The average molecular weight is 303 g/mol. The van der Waals surface area contributed by atoms with Gasteiger partial charge in [0.2, 0.25) is 6.41 Å². The van der Waals surface area contributed by atoms with Gasteiger partial charge >= 0.3 is 0 Å². The van der Waals surface area contributed by atoms with E-state index in [1.165, 1.54) is 6.92 Å². The summed E-state index contributed by atoms with van der Waals surface area (Å²) in [5, 5.41) is 0. The van der Waals surface area contributed by atoms with E-state index in [9.17, 15) is 19.2 Å². The van der Waals surface area contributed by atoms with Gasteiger partial charge in [0.15, 0.2) is 5.78 Å². The summed E-state index contributed by atoms with van der Waals surface area (Å²) in [5.41, 5.74) is 1.11. The Hall–Kier alpha value is -2.30. The number of hydrogen-bond donors (Lipinski definition) is 0. The van der Waals surface area contributed by atoms with Gasteiger partial charge < -0.3 is 0 Å². The van der Waals surface area contributed by atoms with Crippen molar-refractivity contribution < 1.29 is 19.2 Å². The summed E-state index contributed by atoms with van der Waals surface area (Å²) >= 11 is 0. The molecular weight excluding hydrogens is 282 g/mol. The van der Waals surface area contributed by atoms with Gasteiger partial charge in [0.25, 0.3) is 5.91 Å². The molecule has 0 heterocycles. The third-order valence-corrected chi connectivity index (χ3v) is 3.62. The van der Waals surface area contributed by atoms with Gasteiger partial charge in [-0.1, -0.05) is 25.1 Å². The summed E-state index contributed by atoms with van der Waals surface area (Å²) in [4.78, 5) is 48.0. The zero-order valence-electron chi connectivity index (χ0n) is 13.2. The largest absolute Gasteiger partial charge is 0.300 e. The number of aryl methyl sites for hydroxylation is 1.